The van der Waals surface area contributed by atoms with E-state index in [4.69, 9.17) is 0 Å². The molecule has 0 saturated carbocycles. The molecule has 0 unspecified atom stereocenters. The fraction of sp³-hybridized carbons (Fsp3) is 0.182. The summed E-state index contributed by atoms with van der Waals surface area (Å²) in [6, 6.07) is 24.6. The number of aromatic nitrogens is 1. The lowest BCUT2D eigenvalue weighted by molar-refractivity contribution is -0.406. The molecule has 3 heteroatoms. The molecule has 1 heterocycles. The van der Waals surface area contributed by atoms with E-state index >= 15 is 0 Å². The smallest absolute Gasteiger partial charge is 0.382 e. The highest BCUT2D eigenvalue weighted by atomic mass is 16.3. The number of nitrogens with one attached hydrogen (secondary N) is 1. The first-order valence-electron chi connectivity index (χ1n) is 8.51. The molecule has 3 aromatic rings. The van der Waals surface area contributed by atoms with Crippen LogP contribution < -0.4 is 4.98 Å². The molecule has 124 valence electrons. The lowest BCUT2D eigenvalue weighted by atomic mass is 9.99. The van der Waals surface area contributed by atoms with Gasteiger partial charge in [-0.2, -0.15) is 10.2 Å². The summed E-state index contributed by atoms with van der Waals surface area (Å²) in [5.41, 5.74) is 4.67. The maximum atomic E-state index is 10.2. The molecule has 0 spiro atoms. The Hall–Kier alpha value is -3.12. The van der Waals surface area contributed by atoms with Crippen molar-refractivity contribution in [2.75, 3.05) is 0 Å². The quantitative estimate of drug-likeness (QED) is 0.750. The zero-order chi connectivity index (χ0) is 17.5. The van der Waals surface area contributed by atoms with Gasteiger partial charge in [-0.25, -0.2) is 0 Å². The van der Waals surface area contributed by atoms with Gasteiger partial charge in [0.25, 0.3) is 0 Å². The van der Waals surface area contributed by atoms with Gasteiger partial charge in [0.15, 0.2) is 11.3 Å². The number of rotatable bonds is 6. The van der Waals surface area contributed by atoms with Crippen molar-refractivity contribution >= 4 is 0 Å². The van der Waals surface area contributed by atoms with Crippen molar-refractivity contribution in [3.63, 3.8) is 0 Å². The summed E-state index contributed by atoms with van der Waals surface area (Å²) in [5.74, 6) is -0.0314. The second kappa shape index (κ2) is 8.12. The molecule has 0 aliphatic heterocycles. The number of aryl methyl sites for hydroxylation is 4. The number of pyridine rings is 1. The van der Waals surface area contributed by atoms with Crippen molar-refractivity contribution in [3.8, 4) is 11.9 Å². The minimum absolute atomic E-state index is 0.0314. The van der Waals surface area contributed by atoms with E-state index in [2.05, 4.69) is 35.3 Å². The molecule has 0 amide bonds. The van der Waals surface area contributed by atoms with Crippen molar-refractivity contribution < 1.29 is 10.1 Å². The fourth-order valence-corrected chi connectivity index (χ4v) is 2.99. The van der Waals surface area contributed by atoms with Crippen molar-refractivity contribution in [1.82, 2.24) is 0 Å². The molecule has 0 aliphatic carbocycles. The standard InChI is InChI=1S/C22H20N2O/c23-16-21-19(13-11-17-7-3-1-4-8-17)15-20(24-22(21)25)14-12-18-9-5-2-6-10-18/h1-10,15H,11-14H2,(H,24,25)/p+1. The van der Waals surface area contributed by atoms with Gasteiger partial charge in [0.05, 0.1) is 0 Å². The van der Waals surface area contributed by atoms with Crippen molar-refractivity contribution in [3.05, 3.63) is 94.7 Å². The monoisotopic (exact) mass is 329 g/mol. The minimum atomic E-state index is -0.0314. The molecule has 1 aromatic heterocycles. The predicted octanol–water partition coefficient (Wildman–Crippen LogP) is 3.65. The van der Waals surface area contributed by atoms with Gasteiger partial charge in [-0.1, -0.05) is 60.7 Å². The molecule has 0 aliphatic rings. The fourth-order valence-electron chi connectivity index (χ4n) is 2.99. The highest BCUT2D eigenvalue weighted by Gasteiger charge is 2.17. The summed E-state index contributed by atoms with van der Waals surface area (Å²) in [6.45, 7) is 0. The largest absolute Gasteiger partial charge is 0.459 e. The Labute approximate surface area is 148 Å². The van der Waals surface area contributed by atoms with Crippen LogP contribution in [0.15, 0.2) is 66.7 Å². The number of aromatic amines is 1. The van der Waals surface area contributed by atoms with Crippen molar-refractivity contribution in [1.29, 1.82) is 5.26 Å². The molecule has 0 atom stereocenters. The Kier molecular flexibility index (Phi) is 5.43. The number of benzene rings is 2. The van der Waals surface area contributed by atoms with Gasteiger partial charge >= 0.3 is 5.88 Å². The molecule has 0 fully saturated rings. The number of nitriles is 1. The number of H-pyrrole nitrogens is 1. The first-order chi connectivity index (χ1) is 12.3. The Morgan fingerprint density at radius 3 is 1.92 bits per heavy atom. The van der Waals surface area contributed by atoms with Gasteiger partial charge in [-0.05, 0) is 36.0 Å². The van der Waals surface area contributed by atoms with Crippen LogP contribution in [-0.4, -0.2) is 5.11 Å². The second-order valence-electron chi connectivity index (χ2n) is 6.13. The highest BCUT2D eigenvalue weighted by Crippen LogP contribution is 2.19. The van der Waals surface area contributed by atoms with Gasteiger partial charge in [-0.15, -0.1) is 0 Å². The van der Waals surface area contributed by atoms with Crippen molar-refractivity contribution in [2.45, 2.75) is 25.7 Å². The lowest BCUT2D eigenvalue weighted by Gasteiger charge is -2.05. The van der Waals surface area contributed by atoms with Crippen LogP contribution in [0.3, 0.4) is 0 Å². The van der Waals surface area contributed by atoms with Crippen molar-refractivity contribution in [2.24, 2.45) is 0 Å². The van der Waals surface area contributed by atoms with Gasteiger partial charge in [0.2, 0.25) is 0 Å². The third-order valence-electron chi connectivity index (χ3n) is 4.35. The van der Waals surface area contributed by atoms with E-state index in [1.165, 1.54) is 11.1 Å². The first-order valence-corrected chi connectivity index (χ1v) is 8.51. The maximum absolute atomic E-state index is 10.2. The van der Waals surface area contributed by atoms with E-state index in [1.54, 1.807) is 0 Å². The van der Waals surface area contributed by atoms with Crippen LogP contribution in [0.25, 0.3) is 0 Å². The van der Waals surface area contributed by atoms with Gasteiger partial charge in [0, 0.05) is 12.5 Å². The summed E-state index contributed by atoms with van der Waals surface area (Å²) >= 11 is 0. The highest BCUT2D eigenvalue weighted by molar-refractivity contribution is 5.42. The van der Waals surface area contributed by atoms with E-state index < -0.39 is 0 Å². The van der Waals surface area contributed by atoms with Crippen LogP contribution in [0, 0.1) is 11.3 Å². The van der Waals surface area contributed by atoms with E-state index in [0.717, 1.165) is 36.9 Å². The summed E-state index contributed by atoms with van der Waals surface area (Å²) in [5, 5.41) is 19.6. The minimum Gasteiger partial charge on any atom is -0.459 e. The normalized spacial score (nSPS) is 10.4. The van der Waals surface area contributed by atoms with Gasteiger partial charge in [0.1, 0.15) is 6.07 Å². The Morgan fingerprint density at radius 1 is 0.800 bits per heavy atom. The Balaban J connectivity index is 1.76. The lowest BCUT2D eigenvalue weighted by Crippen LogP contribution is -2.15. The molecule has 0 radical (unpaired) electrons. The zero-order valence-electron chi connectivity index (χ0n) is 14.1. The Morgan fingerprint density at radius 2 is 1.36 bits per heavy atom. The predicted molar refractivity (Wildman–Crippen MR) is 97.1 cm³/mol. The van der Waals surface area contributed by atoms with E-state index in [9.17, 15) is 10.4 Å². The van der Waals surface area contributed by atoms with Crippen LogP contribution in [-0.2, 0) is 25.7 Å². The van der Waals surface area contributed by atoms with Crippen LogP contribution in [0.1, 0.15) is 27.9 Å². The maximum Gasteiger partial charge on any atom is 0.382 e. The molecule has 0 bridgehead atoms. The topological polar surface area (TPSA) is 58.2 Å². The van der Waals surface area contributed by atoms with Gasteiger partial charge < -0.3 is 5.11 Å². The van der Waals surface area contributed by atoms with Gasteiger partial charge in [-0.3, -0.25) is 0 Å². The third kappa shape index (κ3) is 4.45. The molecule has 2 aromatic carbocycles. The molecular weight excluding hydrogens is 308 g/mol. The second-order valence-corrected chi connectivity index (χ2v) is 6.13. The number of hydrogen-bond acceptors (Lipinski definition) is 2. The number of hydrogen-bond donors (Lipinski definition) is 1. The molecule has 0 saturated heterocycles. The summed E-state index contributed by atoms with van der Waals surface area (Å²) in [6.07, 6.45) is 3.26. The molecule has 3 rings (SSSR count). The van der Waals surface area contributed by atoms with Crippen LogP contribution in [0.4, 0.5) is 0 Å². The Bertz CT molecular complexity index is 868. The van der Waals surface area contributed by atoms with E-state index in [1.807, 2.05) is 42.5 Å². The van der Waals surface area contributed by atoms with Crippen LogP contribution >= 0.6 is 0 Å². The third-order valence-corrected chi connectivity index (χ3v) is 4.35. The van der Waals surface area contributed by atoms with E-state index in [0.29, 0.717) is 5.56 Å². The van der Waals surface area contributed by atoms with Crippen LogP contribution in [0.2, 0.25) is 0 Å². The van der Waals surface area contributed by atoms with E-state index in [-0.39, 0.29) is 5.88 Å². The molecule has 3 nitrogen and oxygen atoms in total. The summed E-state index contributed by atoms with van der Waals surface area (Å²) in [7, 11) is 0. The van der Waals surface area contributed by atoms with Crippen LogP contribution in [0.5, 0.6) is 5.88 Å². The zero-order valence-corrected chi connectivity index (χ0v) is 14.1. The molecule has 2 N–H and O–H groups in total. The number of nitrogens with zero attached hydrogens (tertiary/aromatic N) is 1. The first kappa shape index (κ1) is 16.7. The molecule has 25 heavy (non-hydrogen) atoms. The number of aromatic hydroxyl groups is 1. The SMILES string of the molecule is N#Cc1c(CCc2ccccc2)cc(CCc2ccccc2)[nH+]c1O. The summed E-state index contributed by atoms with van der Waals surface area (Å²) in [4.78, 5) is 2.97. The molecular formula is C22H21N2O+. The average Bonchev–Trinajstić information content (AvgIpc) is 2.66. The summed E-state index contributed by atoms with van der Waals surface area (Å²) < 4.78 is 0. The average molecular weight is 329 g/mol.